The highest BCUT2D eigenvalue weighted by molar-refractivity contribution is 5.78. The molecular weight excluding hydrogens is 358 g/mol. The molecule has 0 spiro atoms. The predicted molar refractivity (Wildman–Crippen MR) is 104 cm³/mol. The first-order valence-corrected chi connectivity index (χ1v) is 9.05. The molecule has 2 aromatic carbocycles. The van der Waals surface area contributed by atoms with Gasteiger partial charge in [-0.25, -0.2) is 0 Å². The van der Waals surface area contributed by atoms with Gasteiger partial charge in [-0.3, -0.25) is 4.79 Å². The number of ether oxygens (including phenoxy) is 2. The Labute approximate surface area is 163 Å². The van der Waals surface area contributed by atoms with Crippen LogP contribution in [0.5, 0.6) is 11.5 Å². The fraction of sp³-hybridized carbons (Fsp3) is 0.286. The van der Waals surface area contributed by atoms with Gasteiger partial charge in [-0.05, 0) is 44.5 Å². The van der Waals surface area contributed by atoms with Gasteiger partial charge in [-0.1, -0.05) is 35.5 Å². The second kappa shape index (κ2) is 9.03. The Morgan fingerprint density at radius 3 is 2.54 bits per heavy atom. The SMILES string of the molecule is Cc1ccccc1OCc1nc(-c2ccccc2OCC(=O)NC(C)C)no1. The number of carbonyl (C=O) groups is 1. The Morgan fingerprint density at radius 1 is 1.07 bits per heavy atom. The third-order valence-corrected chi connectivity index (χ3v) is 3.85. The molecule has 1 N–H and O–H groups in total. The Bertz CT molecular complexity index is 937. The molecule has 7 nitrogen and oxygen atoms in total. The van der Waals surface area contributed by atoms with Gasteiger partial charge in [-0.2, -0.15) is 4.98 Å². The Balaban J connectivity index is 1.67. The molecule has 0 aliphatic heterocycles. The molecule has 1 amide bonds. The average Bonchev–Trinajstić information content (AvgIpc) is 3.14. The van der Waals surface area contributed by atoms with Crippen molar-refractivity contribution >= 4 is 5.91 Å². The van der Waals surface area contributed by atoms with E-state index in [0.717, 1.165) is 11.3 Å². The molecule has 0 aliphatic rings. The van der Waals surface area contributed by atoms with E-state index in [1.807, 2.05) is 63.2 Å². The lowest BCUT2D eigenvalue weighted by molar-refractivity contribution is -0.123. The number of aryl methyl sites for hydroxylation is 1. The summed E-state index contributed by atoms with van der Waals surface area (Å²) in [6.45, 7) is 5.84. The normalized spacial score (nSPS) is 10.7. The van der Waals surface area contributed by atoms with Crippen LogP contribution in [-0.2, 0) is 11.4 Å². The van der Waals surface area contributed by atoms with Crippen molar-refractivity contribution in [1.29, 1.82) is 0 Å². The molecule has 1 heterocycles. The zero-order chi connectivity index (χ0) is 19.9. The van der Waals surface area contributed by atoms with E-state index in [0.29, 0.717) is 23.0 Å². The monoisotopic (exact) mass is 381 g/mol. The molecule has 0 fully saturated rings. The van der Waals surface area contributed by atoms with Crippen molar-refractivity contribution in [3.63, 3.8) is 0 Å². The summed E-state index contributed by atoms with van der Waals surface area (Å²) in [7, 11) is 0. The fourth-order valence-corrected chi connectivity index (χ4v) is 2.56. The van der Waals surface area contributed by atoms with Crippen LogP contribution in [0.4, 0.5) is 0 Å². The molecule has 28 heavy (non-hydrogen) atoms. The summed E-state index contributed by atoms with van der Waals surface area (Å²) in [6, 6.07) is 15.0. The van der Waals surface area contributed by atoms with Crippen molar-refractivity contribution in [2.24, 2.45) is 0 Å². The number of rotatable bonds is 8. The van der Waals surface area contributed by atoms with Crippen LogP contribution in [0.15, 0.2) is 53.1 Å². The minimum Gasteiger partial charge on any atom is -0.483 e. The van der Waals surface area contributed by atoms with Gasteiger partial charge >= 0.3 is 0 Å². The van der Waals surface area contributed by atoms with Crippen LogP contribution in [0.2, 0.25) is 0 Å². The zero-order valence-corrected chi connectivity index (χ0v) is 16.1. The van der Waals surface area contributed by atoms with Crippen molar-refractivity contribution in [3.8, 4) is 22.9 Å². The number of para-hydroxylation sites is 2. The van der Waals surface area contributed by atoms with E-state index < -0.39 is 0 Å². The first kappa shape index (κ1) is 19.4. The molecule has 0 saturated heterocycles. The minimum absolute atomic E-state index is 0.0550. The summed E-state index contributed by atoms with van der Waals surface area (Å²) in [5.41, 5.74) is 1.67. The van der Waals surface area contributed by atoms with Crippen molar-refractivity contribution in [3.05, 3.63) is 60.0 Å². The smallest absolute Gasteiger partial charge is 0.264 e. The highest BCUT2D eigenvalue weighted by Gasteiger charge is 2.15. The number of hydrogen-bond acceptors (Lipinski definition) is 6. The number of hydrogen-bond donors (Lipinski definition) is 1. The van der Waals surface area contributed by atoms with E-state index in [1.165, 1.54) is 0 Å². The third kappa shape index (κ3) is 5.09. The lowest BCUT2D eigenvalue weighted by Gasteiger charge is -2.11. The first-order valence-electron chi connectivity index (χ1n) is 9.05. The largest absolute Gasteiger partial charge is 0.483 e. The molecule has 0 aliphatic carbocycles. The van der Waals surface area contributed by atoms with Crippen LogP contribution in [-0.4, -0.2) is 28.7 Å². The van der Waals surface area contributed by atoms with Gasteiger partial charge in [-0.15, -0.1) is 0 Å². The maximum atomic E-state index is 11.8. The van der Waals surface area contributed by atoms with E-state index in [-0.39, 0.29) is 25.2 Å². The molecule has 146 valence electrons. The second-order valence-electron chi connectivity index (χ2n) is 6.57. The van der Waals surface area contributed by atoms with Gasteiger partial charge in [0.2, 0.25) is 5.82 Å². The van der Waals surface area contributed by atoms with Crippen molar-refractivity contribution in [1.82, 2.24) is 15.5 Å². The third-order valence-electron chi connectivity index (χ3n) is 3.85. The standard InChI is InChI=1S/C21H23N3O4/c1-14(2)22-19(25)12-26-18-11-7-5-9-16(18)21-23-20(28-24-21)13-27-17-10-6-4-8-15(17)3/h4-11,14H,12-13H2,1-3H3,(H,22,25). The summed E-state index contributed by atoms with van der Waals surface area (Å²) in [6.07, 6.45) is 0. The van der Waals surface area contributed by atoms with Gasteiger partial charge in [0.15, 0.2) is 13.2 Å². The van der Waals surface area contributed by atoms with Gasteiger partial charge < -0.3 is 19.3 Å². The van der Waals surface area contributed by atoms with Crippen molar-refractivity contribution < 1.29 is 18.8 Å². The molecule has 0 saturated carbocycles. The number of amides is 1. The first-order chi connectivity index (χ1) is 13.5. The molecule has 1 aromatic heterocycles. The maximum Gasteiger partial charge on any atom is 0.264 e. The quantitative estimate of drug-likeness (QED) is 0.642. The summed E-state index contributed by atoms with van der Waals surface area (Å²) >= 11 is 0. The van der Waals surface area contributed by atoms with Crippen LogP contribution in [0.1, 0.15) is 25.3 Å². The Kier molecular flexibility index (Phi) is 6.26. The molecule has 0 bridgehead atoms. The molecule has 0 unspecified atom stereocenters. The molecule has 3 aromatic rings. The van der Waals surface area contributed by atoms with E-state index >= 15 is 0 Å². The van der Waals surface area contributed by atoms with Crippen LogP contribution < -0.4 is 14.8 Å². The number of carbonyl (C=O) groups excluding carboxylic acids is 1. The highest BCUT2D eigenvalue weighted by Crippen LogP contribution is 2.28. The van der Waals surface area contributed by atoms with Crippen LogP contribution in [0, 0.1) is 6.92 Å². The van der Waals surface area contributed by atoms with Gasteiger partial charge in [0.25, 0.3) is 11.8 Å². The van der Waals surface area contributed by atoms with E-state index in [2.05, 4.69) is 15.5 Å². The Hall–Kier alpha value is -3.35. The fourth-order valence-electron chi connectivity index (χ4n) is 2.56. The molecular formula is C21H23N3O4. The Morgan fingerprint density at radius 2 is 1.79 bits per heavy atom. The lowest BCUT2D eigenvalue weighted by Crippen LogP contribution is -2.34. The topological polar surface area (TPSA) is 86.5 Å². The highest BCUT2D eigenvalue weighted by atomic mass is 16.5. The van der Waals surface area contributed by atoms with E-state index in [1.54, 1.807) is 6.07 Å². The van der Waals surface area contributed by atoms with E-state index in [9.17, 15) is 4.79 Å². The number of nitrogens with one attached hydrogen (secondary N) is 1. The molecule has 0 atom stereocenters. The lowest BCUT2D eigenvalue weighted by atomic mass is 10.2. The number of nitrogens with zero attached hydrogens (tertiary/aromatic N) is 2. The van der Waals surface area contributed by atoms with E-state index in [4.69, 9.17) is 14.0 Å². The minimum atomic E-state index is -0.190. The predicted octanol–water partition coefficient (Wildman–Crippen LogP) is 3.53. The van der Waals surface area contributed by atoms with Gasteiger partial charge in [0.1, 0.15) is 11.5 Å². The average molecular weight is 381 g/mol. The second-order valence-corrected chi connectivity index (χ2v) is 6.57. The summed E-state index contributed by atoms with van der Waals surface area (Å²) in [5, 5.41) is 6.79. The number of benzene rings is 2. The van der Waals surface area contributed by atoms with Gasteiger partial charge in [0, 0.05) is 6.04 Å². The summed E-state index contributed by atoms with van der Waals surface area (Å²) < 4.78 is 16.7. The van der Waals surface area contributed by atoms with Gasteiger partial charge in [0.05, 0.1) is 5.56 Å². The molecule has 0 radical (unpaired) electrons. The maximum absolute atomic E-state index is 11.8. The van der Waals surface area contributed by atoms with Crippen LogP contribution >= 0.6 is 0 Å². The van der Waals surface area contributed by atoms with Crippen molar-refractivity contribution in [2.75, 3.05) is 6.61 Å². The molecule has 3 rings (SSSR count). The summed E-state index contributed by atoms with van der Waals surface area (Å²) in [5.74, 6) is 1.81. The zero-order valence-electron chi connectivity index (χ0n) is 16.1. The number of aromatic nitrogens is 2. The van der Waals surface area contributed by atoms with Crippen LogP contribution in [0.3, 0.4) is 0 Å². The van der Waals surface area contributed by atoms with Crippen molar-refractivity contribution in [2.45, 2.75) is 33.4 Å². The van der Waals surface area contributed by atoms with Crippen LogP contribution in [0.25, 0.3) is 11.4 Å². The summed E-state index contributed by atoms with van der Waals surface area (Å²) in [4.78, 5) is 16.2. The molecule has 7 heteroatoms.